The zero-order valence-electron chi connectivity index (χ0n) is 7.59. The van der Waals surface area contributed by atoms with Gasteiger partial charge >= 0.3 is 0 Å². The summed E-state index contributed by atoms with van der Waals surface area (Å²) in [4.78, 5) is 0. The molecule has 0 spiro atoms. The number of hydrogen-bond acceptors (Lipinski definition) is 0. The van der Waals surface area contributed by atoms with E-state index in [0.29, 0.717) is 5.92 Å². The van der Waals surface area contributed by atoms with Gasteiger partial charge in [0.05, 0.1) is 0 Å². The monoisotopic (exact) mass is 161 g/mol. The van der Waals surface area contributed by atoms with E-state index < -0.39 is 0 Å². The normalized spacial score (nSPS) is 21.9. The van der Waals surface area contributed by atoms with Crippen LogP contribution in [-0.2, 0) is 6.42 Å². The summed E-state index contributed by atoms with van der Waals surface area (Å²) in [6, 6.07) is 2.23. The number of aryl methyl sites for hydroxylation is 1. The van der Waals surface area contributed by atoms with Gasteiger partial charge in [0, 0.05) is 18.1 Å². The molecule has 0 unspecified atom stereocenters. The van der Waals surface area contributed by atoms with Gasteiger partial charge in [0.25, 0.3) is 0 Å². The van der Waals surface area contributed by atoms with Crippen LogP contribution >= 0.6 is 0 Å². The van der Waals surface area contributed by atoms with Crippen molar-refractivity contribution in [3.8, 4) is 0 Å². The van der Waals surface area contributed by atoms with E-state index in [-0.39, 0.29) is 0 Å². The molecule has 0 saturated heterocycles. The van der Waals surface area contributed by atoms with Gasteiger partial charge < -0.3 is 4.57 Å². The van der Waals surface area contributed by atoms with Gasteiger partial charge in [-0.25, -0.2) is 0 Å². The molecule has 0 amide bonds. The molecule has 0 bridgehead atoms. The highest BCUT2D eigenvalue weighted by Crippen LogP contribution is 2.31. The highest BCUT2D eigenvalue weighted by molar-refractivity contribution is 5.35. The largest absolute Gasteiger partial charge is 0.328 e. The van der Waals surface area contributed by atoms with Gasteiger partial charge in [-0.2, -0.15) is 0 Å². The molecule has 2 rings (SSSR count). The van der Waals surface area contributed by atoms with Gasteiger partial charge in [0.1, 0.15) is 0 Å². The maximum absolute atomic E-state index is 3.81. The second kappa shape index (κ2) is 2.81. The second-order valence-corrected chi connectivity index (χ2v) is 3.61. The molecule has 1 aromatic heterocycles. The Bertz CT molecular complexity index is 296. The Morgan fingerprint density at radius 1 is 1.67 bits per heavy atom. The van der Waals surface area contributed by atoms with E-state index in [2.05, 4.69) is 30.3 Å². The van der Waals surface area contributed by atoms with Crippen molar-refractivity contribution < 1.29 is 0 Å². The number of rotatable bonds is 1. The molecule has 0 radical (unpaired) electrons. The van der Waals surface area contributed by atoms with E-state index in [1.165, 1.54) is 30.5 Å². The van der Waals surface area contributed by atoms with Gasteiger partial charge in [0.2, 0.25) is 0 Å². The molecule has 1 nitrogen and oxygen atoms in total. The van der Waals surface area contributed by atoms with Crippen molar-refractivity contribution in [2.24, 2.45) is 0 Å². The lowest BCUT2D eigenvalue weighted by Gasteiger charge is -2.20. The van der Waals surface area contributed by atoms with E-state index in [4.69, 9.17) is 0 Å². The molecule has 0 fully saturated rings. The highest BCUT2D eigenvalue weighted by atomic mass is 14.9. The molecule has 1 atom stereocenters. The summed E-state index contributed by atoms with van der Waals surface area (Å²) in [6.07, 6.45) is 7.95. The standard InChI is InChI=1S/C11H15N/c1-3-12-8-7-10-6-4-5-9(2)11(10)12/h3,7-9H,1,4-6H2,2H3/t9-/m1/s1. The van der Waals surface area contributed by atoms with E-state index in [0.717, 1.165) is 0 Å². The SMILES string of the molecule is C=Cn1ccc2c1[C@H](C)CCC2. The fourth-order valence-corrected chi connectivity index (χ4v) is 2.18. The van der Waals surface area contributed by atoms with Gasteiger partial charge in [0.15, 0.2) is 0 Å². The molecule has 0 aliphatic heterocycles. The predicted molar refractivity (Wildman–Crippen MR) is 52.2 cm³/mol. The summed E-state index contributed by atoms with van der Waals surface area (Å²) in [6.45, 7) is 6.11. The Kier molecular flexibility index (Phi) is 1.80. The van der Waals surface area contributed by atoms with Gasteiger partial charge in [-0.05, 0) is 36.8 Å². The molecule has 1 heterocycles. The molecule has 0 N–H and O–H groups in total. The summed E-state index contributed by atoms with van der Waals surface area (Å²) in [5.41, 5.74) is 3.00. The van der Waals surface area contributed by atoms with Gasteiger partial charge in [-0.1, -0.05) is 13.5 Å². The molecule has 64 valence electrons. The maximum Gasteiger partial charge on any atom is 0.0280 e. The number of fused-ring (bicyclic) bond motifs is 1. The molecular formula is C11H15N. The second-order valence-electron chi connectivity index (χ2n) is 3.61. The minimum absolute atomic E-state index is 0.710. The third-order valence-electron chi connectivity index (χ3n) is 2.79. The maximum atomic E-state index is 3.81. The Hall–Kier alpha value is -0.980. The van der Waals surface area contributed by atoms with Crippen molar-refractivity contribution in [3.63, 3.8) is 0 Å². The molecule has 1 aliphatic rings. The topological polar surface area (TPSA) is 4.93 Å². The van der Waals surface area contributed by atoms with Crippen LogP contribution < -0.4 is 0 Å². The summed E-state index contributed by atoms with van der Waals surface area (Å²) >= 11 is 0. The highest BCUT2D eigenvalue weighted by Gasteiger charge is 2.18. The molecule has 12 heavy (non-hydrogen) atoms. The van der Waals surface area contributed by atoms with Crippen LogP contribution in [0.5, 0.6) is 0 Å². The fourth-order valence-electron chi connectivity index (χ4n) is 2.18. The molecule has 0 saturated carbocycles. The average molecular weight is 161 g/mol. The Morgan fingerprint density at radius 3 is 3.25 bits per heavy atom. The first kappa shape index (κ1) is 7.66. The summed E-state index contributed by atoms with van der Waals surface area (Å²) in [7, 11) is 0. The Labute approximate surface area is 73.7 Å². The van der Waals surface area contributed by atoms with Crippen LogP contribution in [0.25, 0.3) is 6.20 Å². The van der Waals surface area contributed by atoms with E-state index >= 15 is 0 Å². The van der Waals surface area contributed by atoms with Crippen molar-refractivity contribution in [2.75, 3.05) is 0 Å². The number of aromatic nitrogens is 1. The van der Waals surface area contributed by atoms with Crippen LogP contribution in [0.15, 0.2) is 18.8 Å². The van der Waals surface area contributed by atoms with Crippen molar-refractivity contribution in [1.29, 1.82) is 0 Å². The van der Waals surface area contributed by atoms with Crippen LogP contribution in [0.4, 0.5) is 0 Å². The van der Waals surface area contributed by atoms with Crippen LogP contribution in [0.3, 0.4) is 0 Å². The van der Waals surface area contributed by atoms with Crippen LogP contribution in [-0.4, -0.2) is 4.57 Å². The van der Waals surface area contributed by atoms with Gasteiger partial charge in [-0.3, -0.25) is 0 Å². The van der Waals surface area contributed by atoms with Crippen molar-refractivity contribution >= 4 is 6.20 Å². The first-order valence-electron chi connectivity index (χ1n) is 4.65. The van der Waals surface area contributed by atoms with Crippen LogP contribution in [0.1, 0.15) is 36.9 Å². The molecular weight excluding hydrogens is 146 g/mol. The summed E-state index contributed by atoms with van der Waals surface area (Å²) < 4.78 is 2.17. The average Bonchev–Trinajstić information content (AvgIpc) is 2.49. The summed E-state index contributed by atoms with van der Waals surface area (Å²) in [5.74, 6) is 0.710. The van der Waals surface area contributed by atoms with Crippen molar-refractivity contribution in [3.05, 3.63) is 30.1 Å². The van der Waals surface area contributed by atoms with Crippen LogP contribution in [0, 0.1) is 0 Å². The minimum Gasteiger partial charge on any atom is -0.328 e. The third-order valence-corrected chi connectivity index (χ3v) is 2.79. The fraction of sp³-hybridized carbons (Fsp3) is 0.455. The quantitative estimate of drug-likeness (QED) is 0.596. The van der Waals surface area contributed by atoms with E-state index in [1.807, 2.05) is 6.20 Å². The lowest BCUT2D eigenvalue weighted by molar-refractivity contribution is 0.572. The predicted octanol–water partition coefficient (Wildman–Crippen LogP) is 3.03. The molecule has 1 aromatic rings. The molecule has 1 heteroatoms. The Morgan fingerprint density at radius 2 is 2.50 bits per heavy atom. The minimum atomic E-state index is 0.710. The smallest absolute Gasteiger partial charge is 0.0280 e. The number of nitrogens with zero attached hydrogens (tertiary/aromatic N) is 1. The van der Waals surface area contributed by atoms with E-state index in [1.54, 1.807) is 0 Å². The lowest BCUT2D eigenvalue weighted by Crippen LogP contribution is -2.08. The zero-order valence-corrected chi connectivity index (χ0v) is 7.59. The lowest BCUT2D eigenvalue weighted by atomic mass is 9.89. The van der Waals surface area contributed by atoms with Crippen molar-refractivity contribution in [1.82, 2.24) is 4.57 Å². The molecule has 1 aliphatic carbocycles. The zero-order chi connectivity index (χ0) is 8.55. The molecule has 0 aromatic carbocycles. The van der Waals surface area contributed by atoms with E-state index in [9.17, 15) is 0 Å². The van der Waals surface area contributed by atoms with Crippen LogP contribution in [0.2, 0.25) is 0 Å². The first-order valence-corrected chi connectivity index (χ1v) is 4.65. The number of hydrogen-bond donors (Lipinski definition) is 0. The third kappa shape index (κ3) is 1.01. The van der Waals surface area contributed by atoms with Crippen molar-refractivity contribution in [2.45, 2.75) is 32.1 Å². The summed E-state index contributed by atoms with van der Waals surface area (Å²) in [5, 5.41) is 0. The van der Waals surface area contributed by atoms with Gasteiger partial charge in [-0.15, -0.1) is 0 Å². The Balaban J connectivity index is 2.50. The first-order chi connectivity index (χ1) is 5.83.